The zero-order valence-electron chi connectivity index (χ0n) is 18.9. The first-order valence-corrected chi connectivity index (χ1v) is 11.2. The van der Waals surface area contributed by atoms with Gasteiger partial charge in [0.2, 0.25) is 0 Å². The third-order valence-electron chi connectivity index (χ3n) is 5.88. The molecule has 1 aliphatic rings. The van der Waals surface area contributed by atoms with Gasteiger partial charge < -0.3 is 20.1 Å². The molecule has 0 aromatic heterocycles. The molecule has 0 aromatic rings. The van der Waals surface area contributed by atoms with E-state index in [-0.39, 0.29) is 35.9 Å². The molecule has 1 rings (SSSR count). The Labute approximate surface area is 176 Å². The molecule has 0 aromatic carbocycles. The smallest absolute Gasteiger partial charge is 0.306 e. The van der Waals surface area contributed by atoms with Gasteiger partial charge in [0.15, 0.2) is 0 Å². The molecule has 1 aliphatic heterocycles. The maximum Gasteiger partial charge on any atom is 0.306 e. The first kappa shape index (κ1) is 25.9. The molecule has 0 unspecified atom stereocenters. The number of rotatable bonds is 7. The lowest BCUT2D eigenvalue weighted by molar-refractivity contribution is -0.151. The largest absolute Gasteiger partial charge is 0.462 e. The van der Waals surface area contributed by atoms with Crippen molar-refractivity contribution in [2.45, 2.75) is 104 Å². The van der Waals surface area contributed by atoms with Gasteiger partial charge in [0.05, 0.1) is 18.3 Å². The van der Waals surface area contributed by atoms with Crippen molar-refractivity contribution in [3.05, 3.63) is 23.8 Å². The van der Waals surface area contributed by atoms with Crippen LogP contribution in [0.4, 0.5) is 0 Å². The Morgan fingerprint density at radius 1 is 1.24 bits per heavy atom. The van der Waals surface area contributed by atoms with E-state index in [0.29, 0.717) is 32.1 Å². The highest BCUT2D eigenvalue weighted by atomic mass is 16.5. The monoisotopic (exact) mass is 410 g/mol. The van der Waals surface area contributed by atoms with Crippen molar-refractivity contribution in [1.29, 1.82) is 0 Å². The molecule has 3 N–H and O–H groups in total. The Morgan fingerprint density at radius 3 is 2.55 bits per heavy atom. The SMILES string of the molecule is CC(=C[C@@H](C)[C@H](O)C[C@@H](C)O)C[C@H](C)[C@H]1CC=CC[C@H](C)[C@@H](O)CCCC(=O)O1. The fourth-order valence-electron chi connectivity index (χ4n) is 3.89. The van der Waals surface area contributed by atoms with E-state index in [4.69, 9.17) is 4.74 Å². The van der Waals surface area contributed by atoms with Crippen molar-refractivity contribution in [2.75, 3.05) is 0 Å². The third kappa shape index (κ3) is 10.4. The Bertz CT molecular complexity index is 539. The van der Waals surface area contributed by atoms with Crippen LogP contribution in [0, 0.1) is 17.8 Å². The minimum atomic E-state index is -0.570. The van der Waals surface area contributed by atoms with Gasteiger partial charge >= 0.3 is 5.97 Å². The first-order chi connectivity index (χ1) is 13.6. The highest BCUT2D eigenvalue weighted by molar-refractivity contribution is 5.69. The van der Waals surface area contributed by atoms with Crippen LogP contribution >= 0.6 is 0 Å². The van der Waals surface area contributed by atoms with Crippen LogP contribution in [0.1, 0.15) is 79.6 Å². The van der Waals surface area contributed by atoms with Gasteiger partial charge in [-0.3, -0.25) is 4.79 Å². The van der Waals surface area contributed by atoms with Gasteiger partial charge in [-0.1, -0.05) is 44.6 Å². The lowest BCUT2D eigenvalue weighted by Gasteiger charge is -2.25. The van der Waals surface area contributed by atoms with Crippen LogP contribution in [-0.4, -0.2) is 45.7 Å². The quantitative estimate of drug-likeness (QED) is 0.433. The molecule has 0 saturated carbocycles. The molecule has 0 bridgehead atoms. The summed E-state index contributed by atoms with van der Waals surface area (Å²) in [5.74, 6) is 0.116. The second kappa shape index (κ2) is 13.2. The lowest BCUT2D eigenvalue weighted by atomic mass is 9.90. The maximum atomic E-state index is 12.3. The van der Waals surface area contributed by atoms with Gasteiger partial charge in [-0.2, -0.15) is 0 Å². The summed E-state index contributed by atoms with van der Waals surface area (Å²) in [7, 11) is 0. The van der Waals surface area contributed by atoms with E-state index >= 15 is 0 Å². The van der Waals surface area contributed by atoms with Crippen LogP contribution in [0.25, 0.3) is 0 Å². The summed E-state index contributed by atoms with van der Waals surface area (Å²) in [6.45, 7) is 9.81. The van der Waals surface area contributed by atoms with Crippen LogP contribution in [0.15, 0.2) is 23.8 Å². The van der Waals surface area contributed by atoms with Crippen LogP contribution in [0.2, 0.25) is 0 Å². The number of cyclic esters (lactones) is 1. The molecular weight excluding hydrogens is 368 g/mol. The molecule has 5 heteroatoms. The molecule has 0 radical (unpaired) electrons. The van der Waals surface area contributed by atoms with Crippen LogP contribution in [-0.2, 0) is 9.53 Å². The predicted octanol–water partition coefficient (Wildman–Crippen LogP) is 4.16. The summed E-state index contributed by atoms with van der Waals surface area (Å²) in [6, 6.07) is 0. The molecule has 7 atom stereocenters. The zero-order chi connectivity index (χ0) is 22.0. The van der Waals surface area contributed by atoms with Crippen LogP contribution in [0.5, 0.6) is 0 Å². The van der Waals surface area contributed by atoms with Crippen molar-refractivity contribution in [3.63, 3.8) is 0 Å². The standard InChI is InChI=1S/C24H42O5/c1-16(13-18(3)22(27)15-20(5)25)14-19(4)23-11-7-6-9-17(2)21(26)10-8-12-24(28)29-23/h6-7,13,17-23,25-27H,8-12,14-15H2,1-5H3/t17-,18+,19-,20+,21-,22+,23+/m0/s1. The molecule has 29 heavy (non-hydrogen) atoms. The van der Waals surface area contributed by atoms with E-state index < -0.39 is 12.2 Å². The third-order valence-corrected chi connectivity index (χ3v) is 5.88. The molecule has 168 valence electrons. The number of aliphatic hydroxyl groups excluding tert-OH is 3. The van der Waals surface area contributed by atoms with Gasteiger partial charge in [0.1, 0.15) is 6.10 Å². The van der Waals surface area contributed by atoms with Crippen molar-refractivity contribution < 1.29 is 24.9 Å². The first-order valence-electron chi connectivity index (χ1n) is 11.2. The van der Waals surface area contributed by atoms with Crippen LogP contribution in [0.3, 0.4) is 0 Å². The average Bonchev–Trinajstić information content (AvgIpc) is 2.61. The zero-order valence-corrected chi connectivity index (χ0v) is 18.9. The Hall–Kier alpha value is -1.17. The van der Waals surface area contributed by atoms with Gasteiger partial charge in [-0.05, 0) is 57.8 Å². The normalized spacial score (nSPS) is 29.2. The molecule has 1 heterocycles. The summed E-state index contributed by atoms with van der Waals surface area (Å²) in [5, 5.41) is 29.7. The molecule has 0 aliphatic carbocycles. The lowest BCUT2D eigenvalue weighted by Crippen LogP contribution is -2.26. The second-order valence-electron chi connectivity index (χ2n) is 9.11. The summed E-state index contributed by atoms with van der Waals surface area (Å²) >= 11 is 0. The van der Waals surface area contributed by atoms with E-state index in [1.54, 1.807) is 6.92 Å². The highest BCUT2D eigenvalue weighted by Gasteiger charge is 2.23. The molecule has 0 spiro atoms. The van der Waals surface area contributed by atoms with Crippen molar-refractivity contribution in [1.82, 2.24) is 0 Å². The molecule has 5 nitrogen and oxygen atoms in total. The molecular formula is C24H42O5. The number of ether oxygens (including phenoxy) is 1. The summed E-state index contributed by atoms with van der Waals surface area (Å²) < 4.78 is 5.77. The van der Waals surface area contributed by atoms with Gasteiger partial charge in [0, 0.05) is 18.8 Å². The minimum Gasteiger partial charge on any atom is -0.462 e. The molecule has 0 saturated heterocycles. The van der Waals surface area contributed by atoms with Crippen molar-refractivity contribution in [2.24, 2.45) is 17.8 Å². The number of esters is 1. The highest BCUT2D eigenvalue weighted by Crippen LogP contribution is 2.24. The number of allylic oxidation sites excluding steroid dienone is 2. The average molecular weight is 411 g/mol. The van der Waals surface area contributed by atoms with E-state index in [1.165, 1.54) is 0 Å². The number of carbonyl (C=O) groups is 1. The topological polar surface area (TPSA) is 87.0 Å². The van der Waals surface area contributed by atoms with Gasteiger partial charge in [-0.25, -0.2) is 0 Å². The van der Waals surface area contributed by atoms with E-state index in [1.807, 2.05) is 20.8 Å². The Kier molecular flexibility index (Phi) is 11.8. The number of hydrogen-bond donors (Lipinski definition) is 3. The summed E-state index contributed by atoms with van der Waals surface area (Å²) in [5.41, 5.74) is 1.15. The van der Waals surface area contributed by atoms with E-state index in [2.05, 4.69) is 25.2 Å². The van der Waals surface area contributed by atoms with Crippen molar-refractivity contribution in [3.8, 4) is 0 Å². The maximum absolute atomic E-state index is 12.3. The summed E-state index contributed by atoms with van der Waals surface area (Å²) in [4.78, 5) is 12.3. The Balaban J connectivity index is 2.73. The van der Waals surface area contributed by atoms with Gasteiger partial charge in [0.25, 0.3) is 0 Å². The van der Waals surface area contributed by atoms with Crippen LogP contribution < -0.4 is 0 Å². The van der Waals surface area contributed by atoms with Crippen molar-refractivity contribution >= 4 is 5.97 Å². The Morgan fingerprint density at radius 2 is 1.90 bits per heavy atom. The molecule has 0 fully saturated rings. The number of hydrogen-bond acceptors (Lipinski definition) is 5. The molecule has 0 amide bonds. The van der Waals surface area contributed by atoms with E-state index in [0.717, 1.165) is 18.4 Å². The van der Waals surface area contributed by atoms with E-state index in [9.17, 15) is 20.1 Å². The predicted molar refractivity (Wildman–Crippen MR) is 116 cm³/mol. The van der Waals surface area contributed by atoms with Gasteiger partial charge in [-0.15, -0.1) is 0 Å². The second-order valence-corrected chi connectivity index (χ2v) is 9.11. The number of carbonyl (C=O) groups excluding carboxylic acids is 1. The minimum absolute atomic E-state index is 0.0385. The fraction of sp³-hybridized carbons (Fsp3) is 0.792. The number of aliphatic hydroxyl groups is 3. The fourth-order valence-corrected chi connectivity index (χ4v) is 3.89. The summed E-state index contributed by atoms with van der Waals surface area (Å²) in [6.07, 6.45) is 8.81.